The fourth-order valence-corrected chi connectivity index (χ4v) is 2.33. The third kappa shape index (κ3) is 0.519. The van der Waals surface area contributed by atoms with Gasteiger partial charge in [-0.15, -0.1) is 0 Å². The second-order valence-electron chi connectivity index (χ2n) is 3.41. The van der Waals surface area contributed by atoms with E-state index in [9.17, 15) is 0 Å². The van der Waals surface area contributed by atoms with Crippen LogP contribution in [-0.4, -0.2) is 0 Å². The summed E-state index contributed by atoms with van der Waals surface area (Å²) in [6.07, 6.45) is 6.13. The lowest BCUT2D eigenvalue weighted by atomic mass is 10.0. The Hall–Kier alpha value is 0. The second kappa shape index (κ2) is 1.49. The zero-order valence-electron chi connectivity index (χ0n) is 5.56. The van der Waals surface area contributed by atoms with Gasteiger partial charge in [0.15, 0.2) is 0 Å². The van der Waals surface area contributed by atoms with Crippen LogP contribution >= 0.6 is 0 Å². The third-order valence-electron chi connectivity index (χ3n) is 3.02. The monoisotopic (exact) mass is 110 g/mol. The molecule has 0 spiro atoms. The minimum atomic E-state index is 1.14. The molecule has 0 N–H and O–H groups in total. The summed E-state index contributed by atoms with van der Waals surface area (Å²) >= 11 is 0. The number of hydrogen-bond donors (Lipinski definition) is 0. The Balaban J connectivity index is 1.97. The molecule has 3 atom stereocenters. The highest BCUT2D eigenvalue weighted by atomic mass is 14.5. The van der Waals surface area contributed by atoms with Crippen molar-refractivity contribution in [3.05, 3.63) is 0 Å². The smallest absolute Gasteiger partial charge is 0.0355 e. The molecule has 2 fully saturated rings. The molecular weight excluding hydrogens is 96.1 g/mol. The van der Waals surface area contributed by atoms with E-state index in [1.54, 1.807) is 19.3 Å². The summed E-state index contributed by atoms with van der Waals surface area (Å²) in [4.78, 5) is 0. The highest BCUT2D eigenvalue weighted by Gasteiger charge is 2.46. The molecule has 0 aliphatic heterocycles. The summed E-state index contributed by atoms with van der Waals surface area (Å²) in [5.74, 6) is 3.53. The Morgan fingerprint density at radius 2 is 2.25 bits per heavy atom. The van der Waals surface area contributed by atoms with Crippen molar-refractivity contribution >= 4 is 0 Å². The molecule has 0 radical (unpaired) electrons. The zero-order chi connectivity index (χ0) is 5.56. The largest absolute Gasteiger partial charge is 0.0651 e. The molecule has 0 nitrogen and oxygen atoms in total. The van der Waals surface area contributed by atoms with Crippen LogP contribution in [0.15, 0.2) is 0 Å². The Labute approximate surface area is 51.3 Å². The minimum absolute atomic E-state index is 1.14. The molecule has 8 heavy (non-hydrogen) atoms. The number of fused-ring (bicyclic) bond motifs is 1. The van der Waals surface area contributed by atoms with E-state index in [4.69, 9.17) is 0 Å². The van der Waals surface area contributed by atoms with Crippen molar-refractivity contribution in [2.45, 2.75) is 32.6 Å². The summed E-state index contributed by atoms with van der Waals surface area (Å²) in [5, 5.41) is 0. The van der Waals surface area contributed by atoms with Gasteiger partial charge in [-0.3, -0.25) is 0 Å². The first-order valence-electron chi connectivity index (χ1n) is 3.92. The fourth-order valence-electron chi connectivity index (χ4n) is 2.33. The van der Waals surface area contributed by atoms with Gasteiger partial charge in [0.05, 0.1) is 0 Å². The summed E-state index contributed by atoms with van der Waals surface area (Å²) in [7, 11) is 0. The van der Waals surface area contributed by atoms with Crippen molar-refractivity contribution in [3.8, 4) is 0 Å². The van der Waals surface area contributed by atoms with Crippen LogP contribution < -0.4 is 0 Å². The molecule has 2 aliphatic rings. The van der Waals surface area contributed by atoms with E-state index >= 15 is 0 Å². The summed E-state index contributed by atoms with van der Waals surface area (Å²) in [6.45, 7) is 2.34. The fraction of sp³-hybridized carbons (Fsp3) is 1.00. The lowest BCUT2D eigenvalue weighted by Gasteiger charge is -2.04. The normalized spacial score (nSPS) is 51.4. The molecule has 2 aliphatic carbocycles. The molecule has 46 valence electrons. The molecule has 0 aromatic carbocycles. The minimum Gasteiger partial charge on any atom is -0.0651 e. The molecule has 0 heteroatoms. The summed E-state index contributed by atoms with van der Waals surface area (Å²) in [5.41, 5.74) is 0. The van der Waals surface area contributed by atoms with Crippen LogP contribution in [0, 0.1) is 17.8 Å². The zero-order valence-corrected chi connectivity index (χ0v) is 5.56. The standard InChI is InChI=1S/C8H14/c1-2-6-3-4-7-5-8(6)7/h6-8H,2-5H2,1H3. The molecule has 2 saturated carbocycles. The maximum absolute atomic E-state index is 2.34. The van der Waals surface area contributed by atoms with Crippen LogP contribution in [0.1, 0.15) is 32.6 Å². The summed E-state index contributed by atoms with van der Waals surface area (Å²) < 4.78 is 0. The van der Waals surface area contributed by atoms with E-state index in [0.717, 1.165) is 5.92 Å². The Bertz CT molecular complexity index is 96.2. The van der Waals surface area contributed by atoms with E-state index in [1.165, 1.54) is 18.3 Å². The van der Waals surface area contributed by atoms with Crippen molar-refractivity contribution in [2.75, 3.05) is 0 Å². The van der Waals surface area contributed by atoms with Gasteiger partial charge < -0.3 is 0 Å². The van der Waals surface area contributed by atoms with E-state index in [0.29, 0.717) is 0 Å². The Morgan fingerprint density at radius 1 is 1.38 bits per heavy atom. The third-order valence-corrected chi connectivity index (χ3v) is 3.02. The van der Waals surface area contributed by atoms with Crippen LogP contribution in [0.2, 0.25) is 0 Å². The molecule has 0 aromatic rings. The number of hydrogen-bond acceptors (Lipinski definition) is 0. The lowest BCUT2D eigenvalue weighted by Crippen LogP contribution is -1.94. The van der Waals surface area contributed by atoms with Crippen molar-refractivity contribution in [1.82, 2.24) is 0 Å². The molecule has 3 unspecified atom stereocenters. The first-order valence-corrected chi connectivity index (χ1v) is 3.92. The van der Waals surface area contributed by atoms with Crippen LogP contribution in [0.25, 0.3) is 0 Å². The highest BCUT2D eigenvalue weighted by Crippen LogP contribution is 2.56. The Morgan fingerprint density at radius 3 is 2.50 bits per heavy atom. The predicted molar refractivity (Wildman–Crippen MR) is 34.6 cm³/mol. The van der Waals surface area contributed by atoms with Crippen molar-refractivity contribution in [1.29, 1.82) is 0 Å². The van der Waals surface area contributed by atoms with Gasteiger partial charge in [-0.05, 0) is 37.0 Å². The maximum atomic E-state index is 2.34. The highest BCUT2D eigenvalue weighted by molar-refractivity contribution is 4.96. The summed E-state index contributed by atoms with van der Waals surface area (Å²) in [6, 6.07) is 0. The molecule has 2 rings (SSSR count). The SMILES string of the molecule is CCC1CCC2CC12. The molecular formula is C8H14. The van der Waals surface area contributed by atoms with E-state index in [1.807, 2.05) is 0 Å². The number of rotatable bonds is 1. The molecule has 0 amide bonds. The van der Waals surface area contributed by atoms with Gasteiger partial charge in [-0.1, -0.05) is 13.3 Å². The molecule has 0 saturated heterocycles. The van der Waals surface area contributed by atoms with Gasteiger partial charge >= 0.3 is 0 Å². The average Bonchev–Trinajstić information content (AvgIpc) is 2.46. The lowest BCUT2D eigenvalue weighted by molar-refractivity contribution is 0.465. The molecule has 0 heterocycles. The van der Waals surface area contributed by atoms with Crippen LogP contribution in [-0.2, 0) is 0 Å². The van der Waals surface area contributed by atoms with Gasteiger partial charge in [0.1, 0.15) is 0 Å². The van der Waals surface area contributed by atoms with E-state index < -0.39 is 0 Å². The van der Waals surface area contributed by atoms with E-state index in [2.05, 4.69) is 6.92 Å². The molecule has 0 aromatic heterocycles. The van der Waals surface area contributed by atoms with Gasteiger partial charge in [-0.25, -0.2) is 0 Å². The topological polar surface area (TPSA) is 0 Å². The van der Waals surface area contributed by atoms with Gasteiger partial charge in [0.25, 0.3) is 0 Å². The first kappa shape index (κ1) is 4.84. The van der Waals surface area contributed by atoms with Crippen molar-refractivity contribution < 1.29 is 0 Å². The quantitative estimate of drug-likeness (QED) is 0.486. The second-order valence-corrected chi connectivity index (χ2v) is 3.41. The van der Waals surface area contributed by atoms with Crippen molar-refractivity contribution in [2.24, 2.45) is 17.8 Å². The maximum Gasteiger partial charge on any atom is -0.0355 e. The van der Waals surface area contributed by atoms with Gasteiger partial charge in [0, 0.05) is 0 Å². The van der Waals surface area contributed by atoms with Crippen molar-refractivity contribution in [3.63, 3.8) is 0 Å². The first-order chi connectivity index (χ1) is 3.92. The van der Waals surface area contributed by atoms with Crippen LogP contribution in [0.4, 0.5) is 0 Å². The van der Waals surface area contributed by atoms with Crippen LogP contribution in [0.3, 0.4) is 0 Å². The van der Waals surface area contributed by atoms with Crippen LogP contribution in [0.5, 0.6) is 0 Å². The molecule has 0 bridgehead atoms. The average molecular weight is 110 g/mol. The Kier molecular flexibility index (Phi) is 0.902. The predicted octanol–water partition coefficient (Wildman–Crippen LogP) is 2.44. The van der Waals surface area contributed by atoms with Gasteiger partial charge in [-0.2, -0.15) is 0 Å². The van der Waals surface area contributed by atoms with Gasteiger partial charge in [0.2, 0.25) is 0 Å². The van der Waals surface area contributed by atoms with E-state index in [-0.39, 0.29) is 0 Å².